The number of benzene rings is 5. The number of sulfone groups is 1. The third-order valence-corrected chi connectivity index (χ3v) is 19.9. The molecule has 3 aliphatic heterocycles. The fourth-order valence-corrected chi connectivity index (χ4v) is 14.1. The van der Waals surface area contributed by atoms with Crippen molar-refractivity contribution in [2.24, 2.45) is 5.41 Å². The van der Waals surface area contributed by atoms with E-state index in [1.54, 1.807) is 24.3 Å². The van der Waals surface area contributed by atoms with Crippen molar-refractivity contribution in [2.75, 3.05) is 86.7 Å². The quantitative estimate of drug-likeness (QED) is 0.0329. The molecule has 438 valence electrons. The van der Waals surface area contributed by atoms with Gasteiger partial charge in [-0.2, -0.15) is 13.2 Å². The monoisotopic (exact) mass is 1210 g/mol. The number of nitrogens with zero attached hydrogens (tertiary/aromatic N) is 4. The Labute approximate surface area is 486 Å². The topological polar surface area (TPSA) is 181 Å². The number of carbonyl (C=O) groups excluding carboxylic acids is 3. The van der Waals surface area contributed by atoms with Gasteiger partial charge in [-0.1, -0.05) is 67.4 Å². The van der Waals surface area contributed by atoms with Gasteiger partial charge in [-0.15, -0.1) is 11.8 Å². The van der Waals surface area contributed by atoms with E-state index in [9.17, 15) is 44.4 Å². The van der Waals surface area contributed by atoms with Crippen molar-refractivity contribution in [3.05, 3.63) is 148 Å². The Kier molecular flexibility index (Phi) is 19.1. The summed E-state index contributed by atoms with van der Waals surface area (Å²) in [7, 11) is -11.1. The van der Waals surface area contributed by atoms with Crippen molar-refractivity contribution in [3.63, 3.8) is 0 Å². The fourth-order valence-electron chi connectivity index (χ4n) is 10.9. The maximum absolute atomic E-state index is 15.3. The van der Waals surface area contributed by atoms with E-state index in [0.29, 0.717) is 74.6 Å². The van der Waals surface area contributed by atoms with E-state index in [-0.39, 0.29) is 42.0 Å². The predicted molar refractivity (Wildman–Crippen MR) is 313 cm³/mol. The first kappa shape index (κ1) is 60.6. The summed E-state index contributed by atoms with van der Waals surface area (Å²) in [6, 6.07) is 29.2. The van der Waals surface area contributed by atoms with Crippen LogP contribution >= 0.6 is 23.4 Å². The van der Waals surface area contributed by atoms with E-state index >= 15 is 4.39 Å². The van der Waals surface area contributed by atoms with Crippen LogP contribution in [0.3, 0.4) is 0 Å². The lowest BCUT2D eigenvalue weighted by molar-refractivity contribution is -0.133. The largest absolute Gasteiger partial charge is 0.501 e. The van der Waals surface area contributed by atoms with Gasteiger partial charge < -0.3 is 20.4 Å². The van der Waals surface area contributed by atoms with Crippen molar-refractivity contribution in [1.29, 1.82) is 0 Å². The fraction of sp³-hybridized carbons (Fsp3) is 0.407. The Morgan fingerprint density at radius 3 is 2.15 bits per heavy atom. The van der Waals surface area contributed by atoms with E-state index in [2.05, 4.69) is 61.5 Å². The molecule has 15 nitrogen and oxygen atoms in total. The van der Waals surface area contributed by atoms with Crippen LogP contribution in [0.5, 0.6) is 0 Å². The number of rotatable bonds is 20. The summed E-state index contributed by atoms with van der Waals surface area (Å²) in [5.74, 6) is -2.07. The molecule has 1 unspecified atom stereocenters. The molecule has 9 rings (SSSR count). The van der Waals surface area contributed by atoms with Crippen LogP contribution in [0.1, 0.15) is 73.9 Å². The number of imide groups is 1. The Balaban J connectivity index is 0.837. The molecule has 3 heterocycles. The molecule has 0 radical (unpaired) electrons. The summed E-state index contributed by atoms with van der Waals surface area (Å²) in [4.78, 5) is 45.2. The first-order chi connectivity index (χ1) is 39.0. The van der Waals surface area contributed by atoms with Gasteiger partial charge in [0.1, 0.15) is 16.8 Å². The minimum Gasteiger partial charge on any atom is -0.380 e. The first-order valence-electron chi connectivity index (χ1n) is 27.3. The number of piperazine rings is 2. The summed E-state index contributed by atoms with van der Waals surface area (Å²) in [5, 5.41) is 9.12. The molecule has 4 N–H and O–H groups in total. The van der Waals surface area contributed by atoms with Gasteiger partial charge in [-0.05, 0) is 128 Å². The number of allylic oxidation sites excluding steroid dienone is 1. The van der Waals surface area contributed by atoms with Gasteiger partial charge in [-0.3, -0.25) is 29.5 Å². The van der Waals surface area contributed by atoms with Gasteiger partial charge in [0.15, 0.2) is 0 Å². The normalized spacial score (nSPS) is 19.2. The molecule has 4 aliphatic rings. The van der Waals surface area contributed by atoms with Gasteiger partial charge in [0.2, 0.25) is 11.8 Å². The van der Waals surface area contributed by atoms with Crippen LogP contribution in [-0.2, 0) is 36.0 Å². The number of alkyl halides is 3. The summed E-state index contributed by atoms with van der Waals surface area (Å²) >= 11 is 7.61. The van der Waals surface area contributed by atoms with Crippen molar-refractivity contribution in [2.45, 2.75) is 91.2 Å². The zero-order chi connectivity index (χ0) is 58.4. The molecule has 0 aromatic heterocycles. The number of piperidine rings is 1. The Bertz CT molecular complexity index is 3380. The van der Waals surface area contributed by atoms with Crippen molar-refractivity contribution >= 4 is 83.6 Å². The molecule has 1 aliphatic carbocycles. The predicted octanol–water partition coefficient (Wildman–Crippen LogP) is 9.68. The van der Waals surface area contributed by atoms with Crippen LogP contribution in [0, 0.1) is 11.2 Å². The number of carbonyl (C=O) groups is 3. The number of hydrogen-bond acceptors (Lipinski definition) is 14. The van der Waals surface area contributed by atoms with E-state index in [4.69, 9.17) is 11.6 Å². The molecule has 0 bridgehead atoms. The van der Waals surface area contributed by atoms with Crippen molar-refractivity contribution < 1.29 is 48.8 Å². The molecule has 5 aromatic rings. The van der Waals surface area contributed by atoms with Crippen LogP contribution in [0.15, 0.2) is 136 Å². The molecule has 2 atom stereocenters. The van der Waals surface area contributed by atoms with Gasteiger partial charge in [0.25, 0.3) is 25.8 Å². The molecule has 82 heavy (non-hydrogen) atoms. The van der Waals surface area contributed by atoms with Gasteiger partial charge in [0.05, 0.1) is 10.6 Å². The summed E-state index contributed by atoms with van der Waals surface area (Å²) in [5.41, 5.74) is -0.461. The second kappa shape index (κ2) is 25.9. The first-order valence-corrected chi connectivity index (χ1v) is 31.7. The summed E-state index contributed by atoms with van der Waals surface area (Å²) in [6.45, 7) is 11.3. The number of sulfonamides is 1. The SMILES string of the molecule is CC1(C)CCC(c2ccc(Cl)cc2)=C(CN2CCN(c3ccc(C(=O)NS(=O)(=O)c4ccc(N[C@H](CCN5CCN(Cc6c(F)cccc6NC6CCC(=O)NC6=O)CC5)CSc5ccccc5)c(S(=O)(=O)C(F)(F)F)c4)cc3)CC2)C1. The molecular formula is C59H67ClF4N8O7S3. The highest BCUT2D eigenvalue weighted by atomic mass is 35.5. The Morgan fingerprint density at radius 2 is 1.46 bits per heavy atom. The number of hydrogen-bond donors (Lipinski definition) is 4. The summed E-state index contributed by atoms with van der Waals surface area (Å²) < 4.78 is 115. The van der Waals surface area contributed by atoms with E-state index < -0.39 is 70.6 Å². The second-order valence-corrected chi connectivity index (χ2v) is 27.2. The summed E-state index contributed by atoms with van der Waals surface area (Å²) in [6.07, 6.45) is 3.86. The Hall–Kier alpha value is -6.01. The minimum absolute atomic E-state index is 0.0345. The number of nitrogens with one attached hydrogen (secondary N) is 4. The third-order valence-electron chi connectivity index (χ3n) is 15.6. The number of anilines is 3. The molecule has 3 saturated heterocycles. The maximum atomic E-state index is 15.3. The van der Waals surface area contributed by atoms with Gasteiger partial charge >= 0.3 is 5.51 Å². The standard InChI is InChI=1S/C59H67ClF4N8O7S3/c1-58(2)25-23-48(40-11-15-43(60)16-12-40)42(36-58)37-70-31-33-72(34-32-70)45-17-13-41(14-18-45)56(74)68-82(78,79)47-19-20-52(54(35-47)81(76,77)59(62,63)64)65-44(39-80-46-7-4-3-5-8-46)24-26-69-27-29-71(30-28-69)38-49-50(61)9-6-10-51(49)66-53-21-22-55(73)67-57(53)75/h3-20,35,44,53,65-66H,21-34,36-39H2,1-2H3,(H,68,74)(H,67,73,75)/t44-,53?/m1/s1. The number of amides is 3. The van der Waals surface area contributed by atoms with Crippen LogP contribution in [-0.4, -0.2) is 138 Å². The van der Waals surface area contributed by atoms with Crippen LogP contribution in [0.2, 0.25) is 5.02 Å². The zero-order valence-corrected chi connectivity index (χ0v) is 48.8. The zero-order valence-electron chi connectivity index (χ0n) is 45.6. The highest BCUT2D eigenvalue weighted by Gasteiger charge is 2.48. The molecule has 3 amide bonds. The average Bonchev–Trinajstić information content (AvgIpc) is 2.90. The average molecular weight is 1210 g/mol. The number of thioether (sulfide) groups is 1. The van der Waals surface area contributed by atoms with Gasteiger partial charge in [0, 0.05) is 123 Å². The molecule has 0 spiro atoms. The van der Waals surface area contributed by atoms with E-state index in [0.717, 1.165) is 61.6 Å². The van der Waals surface area contributed by atoms with Crippen molar-refractivity contribution in [1.82, 2.24) is 24.7 Å². The lowest BCUT2D eigenvalue weighted by atomic mass is 9.73. The van der Waals surface area contributed by atoms with E-state index in [1.165, 1.54) is 46.7 Å². The van der Waals surface area contributed by atoms with Crippen LogP contribution in [0.4, 0.5) is 34.6 Å². The maximum Gasteiger partial charge on any atom is 0.501 e. The smallest absolute Gasteiger partial charge is 0.380 e. The highest BCUT2D eigenvalue weighted by molar-refractivity contribution is 7.99. The molecule has 23 heteroatoms. The molecule has 0 saturated carbocycles. The third kappa shape index (κ3) is 15.2. The molecule has 3 fully saturated rings. The van der Waals surface area contributed by atoms with E-state index in [1.807, 2.05) is 47.2 Å². The Morgan fingerprint density at radius 1 is 0.793 bits per heavy atom. The minimum atomic E-state index is -6.16. The molecule has 5 aromatic carbocycles. The lowest BCUT2D eigenvalue weighted by Gasteiger charge is -2.39. The van der Waals surface area contributed by atoms with Gasteiger partial charge in [-0.25, -0.2) is 25.9 Å². The van der Waals surface area contributed by atoms with Crippen LogP contribution in [0.25, 0.3) is 5.57 Å². The van der Waals surface area contributed by atoms with Crippen LogP contribution < -0.4 is 25.6 Å². The second-order valence-electron chi connectivity index (χ2n) is 22.1. The number of halogens is 5. The highest BCUT2D eigenvalue weighted by Crippen LogP contribution is 2.43. The van der Waals surface area contributed by atoms with Crippen molar-refractivity contribution in [3.8, 4) is 0 Å². The molecular weight excluding hydrogens is 1140 g/mol. The lowest BCUT2D eigenvalue weighted by Crippen LogP contribution is -2.48.